The molecule has 1 amide bonds. The molecule has 2 rings (SSSR count). The zero-order valence-electron chi connectivity index (χ0n) is 16.9. The molecule has 0 fully saturated rings. The Morgan fingerprint density at radius 2 is 1.67 bits per heavy atom. The van der Waals surface area contributed by atoms with E-state index in [0.717, 1.165) is 12.8 Å². The van der Waals surface area contributed by atoms with E-state index in [4.69, 9.17) is 0 Å². The van der Waals surface area contributed by atoms with Gasteiger partial charge in [0.25, 0.3) is 5.69 Å². The summed E-state index contributed by atoms with van der Waals surface area (Å²) in [6, 6.07) is 12.0. The molecule has 30 heavy (non-hydrogen) atoms. The van der Waals surface area contributed by atoms with Crippen molar-refractivity contribution in [2.75, 3.05) is 18.4 Å². The van der Waals surface area contributed by atoms with Crippen molar-refractivity contribution in [1.29, 1.82) is 0 Å². The second-order valence-electron chi connectivity index (χ2n) is 6.57. The molecule has 0 saturated carbocycles. The molecule has 0 aliphatic rings. The molecule has 2 aromatic rings. The molecule has 0 aliphatic carbocycles. The van der Waals surface area contributed by atoms with Gasteiger partial charge in [-0.15, -0.1) is 0 Å². The molecule has 0 bridgehead atoms. The van der Waals surface area contributed by atoms with Crippen molar-refractivity contribution >= 4 is 33.4 Å². The second kappa shape index (κ2) is 10.7. The van der Waals surface area contributed by atoms with Crippen LogP contribution in [0, 0.1) is 10.1 Å². The molecular formula is C21H25N3O5S. The van der Waals surface area contributed by atoms with Gasteiger partial charge in [-0.05, 0) is 49.2 Å². The van der Waals surface area contributed by atoms with Crippen molar-refractivity contribution in [2.24, 2.45) is 0 Å². The first-order valence-corrected chi connectivity index (χ1v) is 11.1. The Labute approximate surface area is 176 Å². The summed E-state index contributed by atoms with van der Waals surface area (Å²) in [6.07, 6.45) is 4.00. The van der Waals surface area contributed by atoms with Gasteiger partial charge in [0, 0.05) is 30.9 Å². The fourth-order valence-corrected chi connectivity index (χ4v) is 4.48. The summed E-state index contributed by atoms with van der Waals surface area (Å²) in [5.41, 5.74) is 0.634. The van der Waals surface area contributed by atoms with E-state index in [9.17, 15) is 23.3 Å². The Balaban J connectivity index is 2.10. The van der Waals surface area contributed by atoms with Gasteiger partial charge < -0.3 is 5.32 Å². The molecule has 0 atom stereocenters. The number of carbonyl (C=O) groups excluding carboxylic acids is 1. The van der Waals surface area contributed by atoms with E-state index in [2.05, 4.69) is 5.32 Å². The number of anilines is 1. The Kier molecular flexibility index (Phi) is 8.25. The molecule has 0 unspecified atom stereocenters. The van der Waals surface area contributed by atoms with E-state index in [1.807, 2.05) is 13.8 Å². The number of hydrogen-bond donors (Lipinski definition) is 1. The molecular weight excluding hydrogens is 406 g/mol. The van der Waals surface area contributed by atoms with Crippen LogP contribution in [0.2, 0.25) is 0 Å². The number of nitrogens with zero attached hydrogens (tertiary/aromatic N) is 2. The maximum Gasteiger partial charge on any atom is 0.276 e. The Morgan fingerprint density at radius 3 is 2.23 bits per heavy atom. The SMILES string of the molecule is CCCN(CCC)S(=O)(=O)c1ccc(NC(=O)C=Cc2ccccc2[N+](=O)[O-])cc1. The molecule has 160 valence electrons. The van der Waals surface area contributed by atoms with Gasteiger partial charge in [0.1, 0.15) is 0 Å². The number of para-hydroxylation sites is 1. The Bertz CT molecular complexity index is 1010. The molecule has 0 saturated heterocycles. The molecule has 0 aromatic heterocycles. The first kappa shape index (κ1) is 23.2. The first-order chi connectivity index (χ1) is 14.3. The quantitative estimate of drug-likeness (QED) is 0.347. The minimum absolute atomic E-state index is 0.0974. The molecule has 1 N–H and O–H groups in total. The normalized spacial score (nSPS) is 11.7. The second-order valence-corrected chi connectivity index (χ2v) is 8.50. The van der Waals surface area contributed by atoms with Gasteiger partial charge in [-0.25, -0.2) is 8.42 Å². The van der Waals surface area contributed by atoms with E-state index in [-0.39, 0.29) is 10.6 Å². The first-order valence-electron chi connectivity index (χ1n) is 9.62. The van der Waals surface area contributed by atoms with Crippen molar-refractivity contribution in [1.82, 2.24) is 4.31 Å². The number of amides is 1. The average Bonchev–Trinajstić information content (AvgIpc) is 2.72. The van der Waals surface area contributed by atoms with E-state index >= 15 is 0 Å². The van der Waals surface area contributed by atoms with Crippen LogP contribution in [0.5, 0.6) is 0 Å². The van der Waals surface area contributed by atoms with Crippen LogP contribution in [0.15, 0.2) is 59.5 Å². The van der Waals surface area contributed by atoms with Crippen molar-refractivity contribution in [3.8, 4) is 0 Å². The predicted molar refractivity (Wildman–Crippen MR) is 117 cm³/mol. The topological polar surface area (TPSA) is 110 Å². The third-order valence-electron chi connectivity index (χ3n) is 4.25. The summed E-state index contributed by atoms with van der Waals surface area (Å²) in [5, 5.41) is 13.6. The Hall–Kier alpha value is -3.04. The number of nitro benzene ring substituents is 1. The minimum atomic E-state index is -3.59. The third-order valence-corrected chi connectivity index (χ3v) is 6.17. The smallest absolute Gasteiger partial charge is 0.276 e. The van der Waals surface area contributed by atoms with Gasteiger partial charge >= 0.3 is 0 Å². The highest BCUT2D eigenvalue weighted by molar-refractivity contribution is 7.89. The standard InChI is InChI=1S/C21H25N3O5S/c1-3-15-23(16-4-2)30(28,29)19-12-10-18(11-13-19)22-21(25)14-9-17-7-5-6-8-20(17)24(26)27/h5-14H,3-4,15-16H2,1-2H3,(H,22,25). The van der Waals surface area contributed by atoms with Crippen molar-refractivity contribution in [3.05, 3.63) is 70.3 Å². The van der Waals surface area contributed by atoms with Gasteiger partial charge in [-0.2, -0.15) is 4.31 Å². The molecule has 9 heteroatoms. The average molecular weight is 432 g/mol. The molecule has 0 spiro atoms. The summed E-state index contributed by atoms with van der Waals surface area (Å²) in [5.74, 6) is -0.484. The number of nitrogens with one attached hydrogen (secondary N) is 1. The van der Waals surface area contributed by atoms with Crippen LogP contribution in [0.1, 0.15) is 32.3 Å². The van der Waals surface area contributed by atoms with E-state index < -0.39 is 20.9 Å². The Morgan fingerprint density at radius 1 is 1.07 bits per heavy atom. The molecule has 2 aromatic carbocycles. The predicted octanol–water partition coefficient (Wildman–Crippen LogP) is 4.06. The highest BCUT2D eigenvalue weighted by Gasteiger charge is 2.22. The van der Waals surface area contributed by atoms with E-state index in [1.165, 1.54) is 46.8 Å². The highest BCUT2D eigenvalue weighted by atomic mass is 32.2. The summed E-state index contributed by atoms with van der Waals surface area (Å²) in [4.78, 5) is 22.8. The molecule has 0 radical (unpaired) electrons. The molecule has 0 heterocycles. The fraction of sp³-hybridized carbons (Fsp3) is 0.286. The monoisotopic (exact) mass is 431 g/mol. The number of sulfonamides is 1. The van der Waals surface area contributed by atoms with E-state index in [0.29, 0.717) is 24.3 Å². The lowest BCUT2D eigenvalue weighted by atomic mass is 10.1. The molecule has 8 nitrogen and oxygen atoms in total. The third kappa shape index (κ3) is 5.98. The zero-order chi connectivity index (χ0) is 22.1. The zero-order valence-corrected chi connectivity index (χ0v) is 17.8. The lowest BCUT2D eigenvalue weighted by Gasteiger charge is -2.21. The lowest BCUT2D eigenvalue weighted by molar-refractivity contribution is -0.385. The molecule has 0 aliphatic heterocycles. The summed E-state index contributed by atoms with van der Waals surface area (Å²) in [7, 11) is -3.59. The van der Waals surface area contributed by atoms with Crippen LogP contribution in [-0.4, -0.2) is 36.6 Å². The maximum atomic E-state index is 12.8. The summed E-state index contributed by atoms with van der Waals surface area (Å²) >= 11 is 0. The van der Waals surface area contributed by atoms with Crippen LogP contribution in [0.3, 0.4) is 0 Å². The largest absolute Gasteiger partial charge is 0.323 e. The van der Waals surface area contributed by atoms with Crippen LogP contribution < -0.4 is 5.32 Å². The van der Waals surface area contributed by atoms with Crippen molar-refractivity contribution < 1.29 is 18.1 Å². The van der Waals surface area contributed by atoms with Gasteiger partial charge in [0.05, 0.1) is 15.4 Å². The fourth-order valence-electron chi connectivity index (χ4n) is 2.85. The number of nitro groups is 1. The van der Waals surface area contributed by atoms with Crippen molar-refractivity contribution in [3.63, 3.8) is 0 Å². The van der Waals surface area contributed by atoms with Crippen LogP contribution in [0.25, 0.3) is 6.08 Å². The number of rotatable bonds is 10. The summed E-state index contributed by atoms with van der Waals surface area (Å²) in [6.45, 7) is 4.75. The number of hydrogen-bond acceptors (Lipinski definition) is 5. The highest BCUT2D eigenvalue weighted by Crippen LogP contribution is 2.20. The van der Waals surface area contributed by atoms with Gasteiger partial charge in [0.2, 0.25) is 15.9 Å². The number of carbonyl (C=O) groups is 1. The van der Waals surface area contributed by atoms with E-state index in [1.54, 1.807) is 18.2 Å². The van der Waals surface area contributed by atoms with Crippen LogP contribution >= 0.6 is 0 Å². The number of benzene rings is 2. The maximum absolute atomic E-state index is 12.8. The van der Waals surface area contributed by atoms with Gasteiger partial charge in [0.15, 0.2) is 0 Å². The summed E-state index contributed by atoms with van der Waals surface area (Å²) < 4.78 is 27.0. The van der Waals surface area contributed by atoms with Crippen LogP contribution in [-0.2, 0) is 14.8 Å². The van der Waals surface area contributed by atoms with Crippen molar-refractivity contribution in [2.45, 2.75) is 31.6 Å². The lowest BCUT2D eigenvalue weighted by Crippen LogP contribution is -2.32. The van der Waals surface area contributed by atoms with Gasteiger partial charge in [-0.3, -0.25) is 14.9 Å². The van der Waals surface area contributed by atoms with Crippen LogP contribution in [0.4, 0.5) is 11.4 Å². The minimum Gasteiger partial charge on any atom is -0.323 e. The van der Waals surface area contributed by atoms with Gasteiger partial charge in [-0.1, -0.05) is 26.0 Å².